The van der Waals surface area contributed by atoms with E-state index in [9.17, 15) is 9.59 Å². The Bertz CT molecular complexity index is 1180. The van der Waals surface area contributed by atoms with Crippen molar-refractivity contribution in [1.82, 2.24) is 9.80 Å². The maximum Gasteiger partial charge on any atom is 0.254 e. The van der Waals surface area contributed by atoms with E-state index in [1.807, 2.05) is 48.2 Å². The second kappa shape index (κ2) is 12.4. The Morgan fingerprint density at radius 1 is 1.14 bits per heavy atom. The molecule has 0 fully saturated rings. The Labute approximate surface area is 221 Å². The van der Waals surface area contributed by atoms with E-state index >= 15 is 0 Å². The molecule has 1 atom stereocenters. The number of rotatable bonds is 10. The third kappa shape index (κ3) is 6.27. The van der Waals surface area contributed by atoms with E-state index in [2.05, 4.69) is 11.4 Å². The minimum absolute atomic E-state index is 0.00774. The number of hydrogen-bond acceptors (Lipinski definition) is 5. The average Bonchev–Trinajstić information content (AvgIpc) is 3.37. The van der Waals surface area contributed by atoms with Gasteiger partial charge in [-0.05, 0) is 72.7 Å². The van der Waals surface area contributed by atoms with E-state index in [-0.39, 0.29) is 24.4 Å². The monoisotopic (exact) mass is 526 g/mol. The molecule has 190 valence electrons. The lowest BCUT2D eigenvalue weighted by molar-refractivity contribution is -0.135. The van der Waals surface area contributed by atoms with Crippen molar-refractivity contribution < 1.29 is 19.1 Å². The summed E-state index contributed by atoms with van der Waals surface area (Å²) in [7, 11) is 1.64. The number of halogens is 1. The summed E-state index contributed by atoms with van der Waals surface area (Å²) >= 11 is 7.71. The molecule has 2 heterocycles. The van der Waals surface area contributed by atoms with Crippen molar-refractivity contribution in [3.63, 3.8) is 0 Å². The highest BCUT2D eigenvalue weighted by Gasteiger charge is 2.33. The molecule has 0 saturated heterocycles. The van der Waals surface area contributed by atoms with Gasteiger partial charge >= 0.3 is 0 Å². The van der Waals surface area contributed by atoms with Crippen LogP contribution >= 0.6 is 22.9 Å². The van der Waals surface area contributed by atoms with E-state index in [4.69, 9.17) is 21.1 Å². The van der Waals surface area contributed by atoms with Gasteiger partial charge in [-0.1, -0.05) is 29.8 Å². The van der Waals surface area contributed by atoms with Gasteiger partial charge in [0.2, 0.25) is 5.91 Å². The summed E-state index contributed by atoms with van der Waals surface area (Å²) in [5.41, 5.74) is 2.62. The van der Waals surface area contributed by atoms with Crippen LogP contribution in [0.1, 0.15) is 38.8 Å². The van der Waals surface area contributed by atoms with Gasteiger partial charge in [-0.15, -0.1) is 11.3 Å². The predicted molar refractivity (Wildman–Crippen MR) is 143 cm³/mol. The zero-order chi connectivity index (χ0) is 25.5. The molecule has 1 aromatic heterocycles. The molecular weight excluding hydrogens is 496 g/mol. The molecule has 6 nitrogen and oxygen atoms in total. The number of amides is 2. The lowest BCUT2D eigenvalue weighted by Crippen LogP contribution is -2.48. The second-order valence-corrected chi connectivity index (χ2v) is 10.2. The first-order chi connectivity index (χ1) is 17.5. The van der Waals surface area contributed by atoms with Gasteiger partial charge in [-0.2, -0.15) is 0 Å². The van der Waals surface area contributed by atoms with Gasteiger partial charge in [0.1, 0.15) is 18.9 Å². The molecule has 4 rings (SSSR count). The SMILES string of the molecule is COCCCN(CC(=O)N1CCc2sccc2[C@H]1COc1ccc(Cl)cc1)C(=O)c1ccccc1C. The molecule has 0 spiro atoms. The molecule has 2 aromatic carbocycles. The molecule has 0 aliphatic carbocycles. The number of thiophene rings is 1. The highest BCUT2D eigenvalue weighted by molar-refractivity contribution is 7.10. The van der Waals surface area contributed by atoms with E-state index in [0.717, 1.165) is 17.5 Å². The van der Waals surface area contributed by atoms with E-state index in [1.54, 1.807) is 35.5 Å². The molecule has 3 aromatic rings. The normalized spacial score (nSPS) is 14.9. The fourth-order valence-corrected chi connectivity index (χ4v) is 5.52. The summed E-state index contributed by atoms with van der Waals surface area (Å²) in [5.74, 6) is 0.473. The quantitative estimate of drug-likeness (QED) is 0.332. The first kappa shape index (κ1) is 26.2. The Morgan fingerprint density at radius 2 is 1.92 bits per heavy atom. The van der Waals surface area contributed by atoms with Crippen molar-refractivity contribution in [3.05, 3.63) is 86.6 Å². The van der Waals surface area contributed by atoms with Crippen molar-refractivity contribution in [2.75, 3.05) is 40.0 Å². The first-order valence-electron chi connectivity index (χ1n) is 12.1. The standard InChI is InChI=1S/C28H31ClN2O4S/c1-20-6-3-4-7-23(20)28(33)30(14-5-16-34-2)18-27(32)31-15-12-26-24(13-17-36-26)25(31)19-35-22-10-8-21(29)9-11-22/h3-4,6-11,13,17,25H,5,12,14-16,18-19H2,1-2H3/t25-/m1/s1. The molecule has 0 bridgehead atoms. The van der Waals surface area contributed by atoms with Gasteiger partial charge in [-0.25, -0.2) is 0 Å². The largest absolute Gasteiger partial charge is 0.491 e. The van der Waals surface area contributed by atoms with E-state index in [1.165, 1.54) is 4.88 Å². The van der Waals surface area contributed by atoms with Crippen LogP contribution in [0.4, 0.5) is 0 Å². The fraction of sp³-hybridized carbons (Fsp3) is 0.357. The van der Waals surface area contributed by atoms with Crippen LogP contribution in [0.5, 0.6) is 5.75 Å². The number of methoxy groups -OCH3 is 1. The van der Waals surface area contributed by atoms with Crippen LogP contribution in [-0.2, 0) is 16.0 Å². The Morgan fingerprint density at radius 3 is 2.67 bits per heavy atom. The Hall–Kier alpha value is -2.87. The molecule has 1 aliphatic rings. The van der Waals surface area contributed by atoms with E-state index < -0.39 is 0 Å². The van der Waals surface area contributed by atoms with E-state index in [0.29, 0.717) is 49.1 Å². The molecule has 0 radical (unpaired) electrons. The summed E-state index contributed by atoms with van der Waals surface area (Å²) in [6.07, 6.45) is 1.45. The highest BCUT2D eigenvalue weighted by atomic mass is 35.5. The Kier molecular flexibility index (Phi) is 9.02. The van der Waals surface area contributed by atoms with Crippen LogP contribution in [0.25, 0.3) is 0 Å². The summed E-state index contributed by atoms with van der Waals surface area (Å²) in [5, 5.41) is 2.70. The molecule has 2 amide bonds. The van der Waals surface area contributed by atoms with Crippen LogP contribution in [0.15, 0.2) is 60.0 Å². The Balaban J connectivity index is 1.52. The number of fused-ring (bicyclic) bond motifs is 1. The summed E-state index contributed by atoms with van der Waals surface area (Å²) in [6.45, 7) is 3.79. The highest BCUT2D eigenvalue weighted by Crippen LogP contribution is 2.34. The first-order valence-corrected chi connectivity index (χ1v) is 13.3. The third-order valence-electron chi connectivity index (χ3n) is 6.40. The number of benzene rings is 2. The minimum atomic E-state index is -0.224. The second-order valence-electron chi connectivity index (χ2n) is 8.80. The molecule has 0 unspecified atom stereocenters. The zero-order valence-corrected chi connectivity index (χ0v) is 22.2. The van der Waals surface area contributed by atoms with Gasteiger partial charge in [-0.3, -0.25) is 9.59 Å². The maximum absolute atomic E-state index is 13.7. The van der Waals surface area contributed by atoms with Crippen LogP contribution in [0, 0.1) is 6.92 Å². The van der Waals surface area contributed by atoms with Crippen molar-refractivity contribution in [3.8, 4) is 5.75 Å². The molecule has 0 saturated carbocycles. The zero-order valence-electron chi connectivity index (χ0n) is 20.6. The number of aryl methyl sites for hydroxylation is 1. The average molecular weight is 527 g/mol. The lowest BCUT2D eigenvalue weighted by atomic mass is 10.00. The summed E-state index contributed by atoms with van der Waals surface area (Å²) < 4.78 is 11.3. The van der Waals surface area contributed by atoms with Crippen molar-refractivity contribution >= 4 is 34.8 Å². The number of ether oxygens (including phenoxy) is 2. The fourth-order valence-electron chi connectivity index (χ4n) is 4.47. The topological polar surface area (TPSA) is 59.1 Å². The van der Waals surface area contributed by atoms with Crippen molar-refractivity contribution in [1.29, 1.82) is 0 Å². The van der Waals surface area contributed by atoms with Crippen LogP contribution < -0.4 is 4.74 Å². The van der Waals surface area contributed by atoms with Crippen molar-refractivity contribution in [2.24, 2.45) is 0 Å². The van der Waals surface area contributed by atoms with Crippen LogP contribution in [0.2, 0.25) is 5.02 Å². The lowest BCUT2D eigenvalue weighted by Gasteiger charge is -2.37. The van der Waals surface area contributed by atoms with Gasteiger partial charge in [0, 0.05) is 42.3 Å². The third-order valence-corrected chi connectivity index (χ3v) is 7.65. The van der Waals surface area contributed by atoms with Gasteiger partial charge in [0.05, 0.1) is 6.04 Å². The predicted octanol–water partition coefficient (Wildman–Crippen LogP) is 5.39. The van der Waals surface area contributed by atoms with Crippen LogP contribution in [-0.4, -0.2) is 61.6 Å². The summed E-state index contributed by atoms with van der Waals surface area (Å²) in [6, 6.07) is 16.5. The van der Waals surface area contributed by atoms with Gasteiger partial charge in [0.15, 0.2) is 0 Å². The molecular formula is C28H31ClN2O4S. The number of carbonyl (C=O) groups excluding carboxylic acids is 2. The molecule has 36 heavy (non-hydrogen) atoms. The molecule has 0 N–H and O–H groups in total. The summed E-state index contributed by atoms with van der Waals surface area (Å²) in [4.78, 5) is 31.9. The van der Waals surface area contributed by atoms with Crippen LogP contribution in [0.3, 0.4) is 0 Å². The van der Waals surface area contributed by atoms with Gasteiger partial charge in [0.25, 0.3) is 5.91 Å². The molecule has 8 heteroatoms. The number of carbonyl (C=O) groups is 2. The van der Waals surface area contributed by atoms with Gasteiger partial charge < -0.3 is 19.3 Å². The number of hydrogen-bond donors (Lipinski definition) is 0. The molecule has 1 aliphatic heterocycles. The number of nitrogens with zero attached hydrogens (tertiary/aromatic N) is 2. The maximum atomic E-state index is 13.7. The van der Waals surface area contributed by atoms with Crippen molar-refractivity contribution in [2.45, 2.75) is 25.8 Å². The smallest absolute Gasteiger partial charge is 0.254 e. The minimum Gasteiger partial charge on any atom is -0.491 e.